The quantitative estimate of drug-likeness (QED) is 0.693. The summed E-state index contributed by atoms with van der Waals surface area (Å²) in [4.78, 5) is 0. The average Bonchev–Trinajstić information content (AvgIpc) is 1.72. The summed E-state index contributed by atoms with van der Waals surface area (Å²) in [5, 5.41) is 0. The molecule has 0 atom stereocenters. The molecule has 37 valence electrons. The second kappa shape index (κ2) is 4.30. The van der Waals surface area contributed by atoms with Crippen LogP contribution in [0, 0.1) is 0 Å². The summed E-state index contributed by atoms with van der Waals surface area (Å²) in [7, 11) is 0. The van der Waals surface area contributed by atoms with Gasteiger partial charge in [0.25, 0.3) is 0 Å². The Morgan fingerprint density at radius 1 is 0.857 bits per heavy atom. The van der Waals surface area contributed by atoms with E-state index in [0.717, 1.165) is 0 Å². The van der Waals surface area contributed by atoms with Crippen LogP contribution < -0.4 is 0 Å². The van der Waals surface area contributed by atoms with Crippen LogP contribution in [0.3, 0.4) is 0 Å². The van der Waals surface area contributed by atoms with E-state index in [2.05, 4.69) is 19.7 Å². The Morgan fingerprint density at radius 2 is 1.14 bits per heavy atom. The van der Waals surface area contributed by atoms with Gasteiger partial charge in [-0.3, -0.25) is 0 Å². The van der Waals surface area contributed by atoms with Crippen LogP contribution in [-0.4, -0.2) is 22.7 Å². The third-order valence-corrected chi connectivity index (χ3v) is 6.20. The zero-order chi connectivity index (χ0) is 5.70. The zero-order valence-corrected chi connectivity index (χ0v) is 8.24. The van der Waals surface area contributed by atoms with Crippen molar-refractivity contribution in [2.75, 3.05) is 0 Å². The van der Waals surface area contributed by atoms with E-state index < -0.39 is 22.7 Å². The summed E-state index contributed by atoms with van der Waals surface area (Å²) >= 11 is -1.50. The molecular formula is C6H9Pb. The van der Waals surface area contributed by atoms with Gasteiger partial charge in [-0.2, -0.15) is 0 Å². The second-order valence-electron chi connectivity index (χ2n) is 1.11. The molecule has 1 heteroatoms. The Balaban J connectivity index is 3.57. The molecule has 0 N–H and O–H groups in total. The van der Waals surface area contributed by atoms with Gasteiger partial charge in [0, 0.05) is 0 Å². The molecule has 0 heterocycles. The molecule has 0 aliphatic carbocycles. The molecule has 0 aromatic carbocycles. The summed E-state index contributed by atoms with van der Waals surface area (Å²) in [6.07, 6.45) is 0. The maximum atomic E-state index is 3.65. The van der Waals surface area contributed by atoms with Crippen LogP contribution in [0.2, 0.25) is 0 Å². The molecule has 0 aliphatic rings. The molecule has 0 aromatic rings. The van der Waals surface area contributed by atoms with Crippen LogP contribution in [0.25, 0.3) is 0 Å². The third-order valence-electron chi connectivity index (χ3n) is 0.707. The second-order valence-corrected chi connectivity index (χ2v) is 9.76. The van der Waals surface area contributed by atoms with E-state index in [-0.39, 0.29) is 0 Å². The van der Waals surface area contributed by atoms with Gasteiger partial charge in [0.15, 0.2) is 0 Å². The van der Waals surface area contributed by atoms with Crippen LogP contribution in [0.5, 0.6) is 0 Å². The molecule has 0 rings (SSSR count). The van der Waals surface area contributed by atoms with Crippen molar-refractivity contribution in [3.8, 4) is 0 Å². The molecule has 0 saturated heterocycles. The fraction of sp³-hybridized carbons (Fsp3) is 0. The van der Waals surface area contributed by atoms with Crippen LogP contribution in [0.1, 0.15) is 0 Å². The van der Waals surface area contributed by atoms with Crippen molar-refractivity contribution in [2.45, 2.75) is 0 Å². The van der Waals surface area contributed by atoms with E-state index in [0.29, 0.717) is 0 Å². The van der Waals surface area contributed by atoms with Crippen molar-refractivity contribution in [2.24, 2.45) is 0 Å². The summed E-state index contributed by atoms with van der Waals surface area (Å²) in [5.74, 6) is 0. The van der Waals surface area contributed by atoms with Gasteiger partial charge < -0.3 is 0 Å². The predicted molar refractivity (Wildman–Crippen MR) is 36.3 cm³/mol. The molecule has 7 heavy (non-hydrogen) atoms. The van der Waals surface area contributed by atoms with Crippen molar-refractivity contribution in [3.05, 3.63) is 30.6 Å². The minimum absolute atomic E-state index is 1.50. The van der Waals surface area contributed by atoms with Gasteiger partial charge in [0.2, 0.25) is 0 Å². The van der Waals surface area contributed by atoms with Crippen LogP contribution in [0.15, 0.2) is 30.6 Å². The Morgan fingerprint density at radius 3 is 1.14 bits per heavy atom. The summed E-state index contributed by atoms with van der Waals surface area (Å²) in [6.45, 7) is 11.0. The van der Waals surface area contributed by atoms with Gasteiger partial charge in [-0.25, -0.2) is 0 Å². The Labute approximate surface area is 53.4 Å². The van der Waals surface area contributed by atoms with E-state index in [1.807, 2.05) is 10.9 Å². The first-order chi connectivity index (χ1) is 3.35. The average molecular weight is 288 g/mol. The van der Waals surface area contributed by atoms with Crippen LogP contribution >= 0.6 is 0 Å². The van der Waals surface area contributed by atoms with E-state index in [1.54, 1.807) is 0 Å². The molecule has 0 nitrogen and oxygen atoms in total. The van der Waals surface area contributed by atoms with Crippen LogP contribution in [-0.2, 0) is 0 Å². The van der Waals surface area contributed by atoms with Crippen molar-refractivity contribution < 1.29 is 0 Å². The molecule has 0 aliphatic heterocycles. The van der Waals surface area contributed by atoms with Crippen molar-refractivity contribution in [1.82, 2.24) is 0 Å². The molecule has 0 saturated carbocycles. The summed E-state index contributed by atoms with van der Waals surface area (Å²) < 4.78 is 6.01. The molecule has 0 unspecified atom stereocenters. The Hall–Kier alpha value is 0.142. The number of hydrogen-bond acceptors (Lipinski definition) is 0. The molecule has 0 aromatic heterocycles. The van der Waals surface area contributed by atoms with Crippen molar-refractivity contribution >= 4 is 22.7 Å². The normalized spacial score (nSPS) is 8.14. The molecular weight excluding hydrogens is 279 g/mol. The molecule has 1 radical (unpaired) electrons. The number of hydrogen-bond donors (Lipinski definition) is 0. The third kappa shape index (κ3) is 2.79. The molecule has 0 amide bonds. The molecule has 0 spiro atoms. The van der Waals surface area contributed by atoms with Gasteiger partial charge in [-0.05, 0) is 0 Å². The van der Waals surface area contributed by atoms with Gasteiger partial charge in [-0.15, -0.1) is 0 Å². The Kier molecular flexibility index (Phi) is 4.39. The first-order valence-corrected chi connectivity index (χ1v) is 8.82. The number of rotatable bonds is 3. The van der Waals surface area contributed by atoms with E-state index in [9.17, 15) is 0 Å². The first-order valence-electron chi connectivity index (χ1n) is 2.09. The predicted octanol–water partition coefficient (Wildman–Crippen LogP) is 1.66. The standard InChI is InChI=1S/3C2H3.Pb/c3*1-2;/h3*1H,2H2;. The summed E-state index contributed by atoms with van der Waals surface area (Å²) in [5.41, 5.74) is 0. The van der Waals surface area contributed by atoms with Gasteiger partial charge in [0.05, 0.1) is 0 Å². The van der Waals surface area contributed by atoms with E-state index in [4.69, 9.17) is 0 Å². The fourth-order valence-corrected chi connectivity index (χ4v) is 2.19. The van der Waals surface area contributed by atoms with Crippen LogP contribution in [0.4, 0.5) is 0 Å². The van der Waals surface area contributed by atoms with E-state index in [1.165, 1.54) is 0 Å². The first kappa shape index (κ1) is 7.14. The minimum atomic E-state index is -1.50. The zero-order valence-electron chi connectivity index (χ0n) is 4.35. The SMILES string of the molecule is C=[CH][Pb]([CH]=C)[CH]=C. The van der Waals surface area contributed by atoms with E-state index >= 15 is 0 Å². The Bertz CT molecular complexity index is 65.2. The van der Waals surface area contributed by atoms with Gasteiger partial charge in [-0.1, -0.05) is 0 Å². The molecule has 0 fully saturated rings. The van der Waals surface area contributed by atoms with Gasteiger partial charge >= 0.3 is 53.3 Å². The summed E-state index contributed by atoms with van der Waals surface area (Å²) in [6, 6.07) is 0. The van der Waals surface area contributed by atoms with Gasteiger partial charge in [0.1, 0.15) is 0 Å². The van der Waals surface area contributed by atoms with Crippen molar-refractivity contribution in [1.29, 1.82) is 0 Å². The fourth-order valence-electron chi connectivity index (χ4n) is 0.250. The topological polar surface area (TPSA) is 0 Å². The molecule has 0 bridgehead atoms. The van der Waals surface area contributed by atoms with Crippen molar-refractivity contribution in [3.63, 3.8) is 0 Å². The maximum absolute atomic E-state index is 3.65. The monoisotopic (exact) mass is 289 g/mol.